The number of methoxy groups -OCH3 is 1. The van der Waals surface area contributed by atoms with Gasteiger partial charge in [-0.15, -0.1) is 0 Å². The van der Waals surface area contributed by atoms with Crippen LogP contribution in [0.25, 0.3) is 0 Å². The number of hydrogen-bond acceptors (Lipinski definition) is 2. The monoisotopic (exact) mass is 219 g/mol. The average Bonchev–Trinajstić information content (AvgIpc) is 2.70. The average molecular weight is 219 g/mol. The molecule has 2 rings (SSSR count). The Morgan fingerprint density at radius 2 is 2.06 bits per heavy atom. The van der Waals surface area contributed by atoms with E-state index < -0.39 is 0 Å². The molecule has 1 heterocycles. The normalized spacial score (nSPS) is 24.9. The molecule has 2 heteroatoms. The second kappa shape index (κ2) is 5.46. The third kappa shape index (κ3) is 3.06. The molecule has 0 radical (unpaired) electrons. The fourth-order valence-corrected chi connectivity index (χ4v) is 2.44. The minimum absolute atomic E-state index is 0.556. The van der Waals surface area contributed by atoms with Gasteiger partial charge in [0.1, 0.15) is 0 Å². The quantitative estimate of drug-likeness (QED) is 0.838. The predicted molar refractivity (Wildman–Crippen MR) is 66.7 cm³/mol. The van der Waals surface area contributed by atoms with Crippen molar-refractivity contribution in [2.75, 3.05) is 20.3 Å². The van der Waals surface area contributed by atoms with E-state index in [1.807, 2.05) is 0 Å². The van der Waals surface area contributed by atoms with Crippen LogP contribution in [-0.2, 0) is 11.2 Å². The number of ether oxygens (including phenoxy) is 1. The van der Waals surface area contributed by atoms with Gasteiger partial charge in [0.05, 0.1) is 6.61 Å². The van der Waals surface area contributed by atoms with Crippen LogP contribution in [0.2, 0.25) is 0 Å². The van der Waals surface area contributed by atoms with Crippen LogP contribution in [-0.4, -0.2) is 26.3 Å². The number of hydrogen-bond donors (Lipinski definition) is 1. The van der Waals surface area contributed by atoms with E-state index in [1.165, 1.54) is 24.0 Å². The third-order valence-electron chi connectivity index (χ3n) is 3.33. The molecule has 1 aliphatic rings. The summed E-state index contributed by atoms with van der Waals surface area (Å²) >= 11 is 0. The van der Waals surface area contributed by atoms with Crippen LogP contribution in [0, 0.1) is 12.8 Å². The van der Waals surface area contributed by atoms with Crippen molar-refractivity contribution in [1.82, 2.24) is 5.32 Å². The Hall–Kier alpha value is -0.860. The van der Waals surface area contributed by atoms with Crippen molar-refractivity contribution >= 4 is 0 Å². The summed E-state index contributed by atoms with van der Waals surface area (Å²) in [6, 6.07) is 9.45. The highest BCUT2D eigenvalue weighted by molar-refractivity contribution is 5.21. The van der Waals surface area contributed by atoms with Gasteiger partial charge >= 0.3 is 0 Å². The molecule has 1 fully saturated rings. The van der Waals surface area contributed by atoms with Gasteiger partial charge in [-0.2, -0.15) is 0 Å². The Labute approximate surface area is 98.0 Å². The molecule has 1 aromatic rings. The first kappa shape index (κ1) is 11.6. The van der Waals surface area contributed by atoms with Crippen LogP contribution in [0.1, 0.15) is 17.5 Å². The van der Waals surface area contributed by atoms with Gasteiger partial charge < -0.3 is 10.1 Å². The van der Waals surface area contributed by atoms with E-state index in [1.54, 1.807) is 7.11 Å². The van der Waals surface area contributed by atoms with E-state index in [2.05, 4.69) is 36.5 Å². The van der Waals surface area contributed by atoms with E-state index in [0.717, 1.165) is 19.1 Å². The maximum Gasteiger partial charge on any atom is 0.0615 e. The summed E-state index contributed by atoms with van der Waals surface area (Å²) in [5.74, 6) is 0.767. The van der Waals surface area contributed by atoms with Gasteiger partial charge in [-0.25, -0.2) is 0 Å². The van der Waals surface area contributed by atoms with E-state index in [0.29, 0.717) is 6.04 Å². The molecule has 0 aromatic heterocycles. The summed E-state index contributed by atoms with van der Waals surface area (Å²) in [6.07, 6.45) is 2.43. The Morgan fingerprint density at radius 1 is 1.31 bits per heavy atom. The molecule has 2 atom stereocenters. The van der Waals surface area contributed by atoms with Crippen molar-refractivity contribution in [2.24, 2.45) is 5.92 Å². The zero-order chi connectivity index (χ0) is 11.4. The summed E-state index contributed by atoms with van der Waals surface area (Å²) < 4.78 is 5.18. The van der Waals surface area contributed by atoms with Crippen molar-refractivity contribution in [3.8, 4) is 0 Å². The summed E-state index contributed by atoms with van der Waals surface area (Å²) in [4.78, 5) is 0. The summed E-state index contributed by atoms with van der Waals surface area (Å²) in [5.41, 5.74) is 2.79. The summed E-state index contributed by atoms with van der Waals surface area (Å²) in [6.45, 7) is 4.10. The van der Waals surface area contributed by atoms with E-state index in [9.17, 15) is 0 Å². The maximum absolute atomic E-state index is 5.18. The number of nitrogens with one attached hydrogen (secondary N) is 1. The zero-order valence-corrected chi connectivity index (χ0v) is 10.2. The molecule has 0 bridgehead atoms. The van der Waals surface area contributed by atoms with Gasteiger partial charge in [-0.05, 0) is 37.8 Å². The molecule has 0 aliphatic carbocycles. The van der Waals surface area contributed by atoms with E-state index in [-0.39, 0.29) is 0 Å². The van der Waals surface area contributed by atoms with E-state index >= 15 is 0 Å². The van der Waals surface area contributed by atoms with Gasteiger partial charge in [-0.1, -0.05) is 29.8 Å². The Kier molecular flexibility index (Phi) is 3.97. The molecule has 0 amide bonds. The second-order valence-electron chi connectivity index (χ2n) is 4.85. The lowest BCUT2D eigenvalue weighted by Crippen LogP contribution is -2.25. The third-order valence-corrected chi connectivity index (χ3v) is 3.33. The zero-order valence-electron chi connectivity index (χ0n) is 10.2. The van der Waals surface area contributed by atoms with Crippen molar-refractivity contribution in [3.63, 3.8) is 0 Å². The molecule has 1 N–H and O–H groups in total. The first-order valence-corrected chi connectivity index (χ1v) is 6.06. The van der Waals surface area contributed by atoms with Crippen molar-refractivity contribution in [3.05, 3.63) is 35.4 Å². The lowest BCUT2D eigenvalue weighted by molar-refractivity contribution is 0.172. The fraction of sp³-hybridized carbons (Fsp3) is 0.571. The Bertz CT molecular complexity index is 320. The highest BCUT2D eigenvalue weighted by atomic mass is 16.5. The standard InChI is InChI=1S/C14H21NO/c1-11-3-5-12(6-4-11)7-13-8-14(10-16-2)15-9-13/h3-6,13-15H,7-10H2,1-2H3. The lowest BCUT2D eigenvalue weighted by atomic mass is 9.96. The van der Waals surface area contributed by atoms with Gasteiger partial charge in [0, 0.05) is 13.2 Å². The predicted octanol–water partition coefficient (Wildman–Crippen LogP) is 2.16. The molecular formula is C14H21NO. The first-order valence-electron chi connectivity index (χ1n) is 6.06. The fourth-order valence-electron chi connectivity index (χ4n) is 2.44. The van der Waals surface area contributed by atoms with E-state index in [4.69, 9.17) is 4.74 Å². The van der Waals surface area contributed by atoms with Crippen LogP contribution in [0.4, 0.5) is 0 Å². The first-order chi connectivity index (χ1) is 7.78. The molecule has 88 valence electrons. The van der Waals surface area contributed by atoms with Crippen LogP contribution in [0.3, 0.4) is 0 Å². The van der Waals surface area contributed by atoms with Crippen LogP contribution in [0.5, 0.6) is 0 Å². The van der Waals surface area contributed by atoms with Gasteiger partial charge in [0.25, 0.3) is 0 Å². The smallest absolute Gasteiger partial charge is 0.0615 e. The van der Waals surface area contributed by atoms with Crippen molar-refractivity contribution < 1.29 is 4.74 Å². The minimum atomic E-state index is 0.556. The molecule has 1 saturated heterocycles. The van der Waals surface area contributed by atoms with Crippen LogP contribution >= 0.6 is 0 Å². The highest BCUT2D eigenvalue weighted by Crippen LogP contribution is 2.19. The molecule has 0 spiro atoms. The molecule has 1 aromatic carbocycles. The number of aryl methyl sites for hydroxylation is 1. The topological polar surface area (TPSA) is 21.3 Å². The van der Waals surface area contributed by atoms with Gasteiger partial charge in [-0.3, -0.25) is 0 Å². The molecular weight excluding hydrogens is 198 g/mol. The summed E-state index contributed by atoms with van der Waals surface area (Å²) in [7, 11) is 1.77. The molecule has 16 heavy (non-hydrogen) atoms. The number of benzene rings is 1. The van der Waals surface area contributed by atoms with Crippen LogP contribution in [0.15, 0.2) is 24.3 Å². The maximum atomic E-state index is 5.18. The summed E-state index contributed by atoms with van der Waals surface area (Å²) in [5, 5.41) is 3.51. The van der Waals surface area contributed by atoms with Gasteiger partial charge in [0.15, 0.2) is 0 Å². The SMILES string of the molecule is COCC1CC(Cc2ccc(C)cc2)CN1. The molecule has 0 saturated carbocycles. The lowest BCUT2D eigenvalue weighted by Gasteiger charge is -2.09. The van der Waals surface area contributed by atoms with Crippen molar-refractivity contribution in [1.29, 1.82) is 0 Å². The Balaban J connectivity index is 1.84. The second-order valence-corrected chi connectivity index (χ2v) is 4.85. The Morgan fingerprint density at radius 3 is 2.75 bits per heavy atom. The highest BCUT2D eigenvalue weighted by Gasteiger charge is 2.23. The van der Waals surface area contributed by atoms with Crippen LogP contribution < -0.4 is 5.32 Å². The largest absolute Gasteiger partial charge is 0.383 e. The minimum Gasteiger partial charge on any atom is -0.383 e. The molecule has 1 aliphatic heterocycles. The number of rotatable bonds is 4. The molecule has 2 unspecified atom stereocenters. The molecule has 2 nitrogen and oxygen atoms in total. The van der Waals surface area contributed by atoms with Gasteiger partial charge in [0.2, 0.25) is 0 Å². The van der Waals surface area contributed by atoms with Crippen molar-refractivity contribution in [2.45, 2.75) is 25.8 Å².